The van der Waals surface area contributed by atoms with Crippen molar-refractivity contribution in [2.24, 2.45) is 17.8 Å². The Hall–Kier alpha value is -0.600. The predicted octanol–water partition coefficient (Wildman–Crippen LogP) is 21.1. The molecule has 0 aromatic carbocycles. The summed E-state index contributed by atoms with van der Waals surface area (Å²) in [7, 11) is 9.09. The first-order valence-corrected chi connectivity index (χ1v) is 30.0. The van der Waals surface area contributed by atoms with Crippen LogP contribution in [0.25, 0.3) is 0 Å². The van der Waals surface area contributed by atoms with Crippen molar-refractivity contribution in [1.82, 2.24) is 9.80 Å². The van der Waals surface area contributed by atoms with Gasteiger partial charge in [-0.05, 0) is 110 Å². The molecule has 64 heavy (non-hydrogen) atoms. The standard InChI is InChI=1S/C32H63N.C30H61N/c1-5-7-9-11-13-14-15-16-17-18-19-20-21-22-24-26-28-30-32(31-33(3)4)29-27-25-23-12-10-8-6-2;1-5-7-9-11-13-17-21-25-30(31(3)4)26-22-18-14-16-20-24-29-27-28(29)23-19-15-12-10-8-6-2/h13-14,16-17,32H,5-12,15,18-31H2,1-4H3;28-30H,5-27H2,1-4H3/b14-13-,17-16-;/t;28-,29+,30?/m.1/s1. The number of rotatable bonds is 50. The molecule has 0 aliphatic heterocycles. The molecule has 0 aromatic heterocycles. The van der Waals surface area contributed by atoms with Gasteiger partial charge in [0.2, 0.25) is 0 Å². The highest BCUT2D eigenvalue weighted by molar-refractivity contribution is 4.92. The third-order valence-electron chi connectivity index (χ3n) is 14.9. The lowest BCUT2D eigenvalue weighted by molar-refractivity contribution is 0.251. The lowest BCUT2D eigenvalue weighted by atomic mass is 9.93. The molecule has 1 rings (SSSR count). The van der Waals surface area contributed by atoms with Crippen LogP contribution in [-0.2, 0) is 0 Å². The van der Waals surface area contributed by atoms with E-state index < -0.39 is 0 Å². The molecule has 1 fully saturated rings. The number of hydrogen-bond acceptors (Lipinski definition) is 2. The maximum atomic E-state index is 2.49. The molecule has 2 heteroatoms. The summed E-state index contributed by atoms with van der Waals surface area (Å²) in [5.41, 5.74) is 0. The van der Waals surface area contributed by atoms with E-state index in [2.05, 4.69) is 90.0 Å². The molecule has 382 valence electrons. The normalized spacial score (nSPS) is 16.1. The molecule has 0 spiro atoms. The number of nitrogens with zero attached hydrogens (tertiary/aromatic N) is 2. The van der Waals surface area contributed by atoms with Crippen LogP contribution < -0.4 is 0 Å². The maximum absolute atomic E-state index is 2.49. The number of hydrogen-bond donors (Lipinski definition) is 0. The molecule has 1 saturated carbocycles. The Morgan fingerprint density at radius 3 is 1.05 bits per heavy atom. The summed E-state index contributed by atoms with van der Waals surface area (Å²) < 4.78 is 0. The quantitative estimate of drug-likeness (QED) is 0.0443. The smallest absolute Gasteiger partial charge is 0.00891 e. The fourth-order valence-electron chi connectivity index (χ4n) is 10.4. The van der Waals surface area contributed by atoms with Gasteiger partial charge in [0, 0.05) is 12.6 Å². The Labute approximate surface area is 407 Å². The monoisotopic (exact) mass is 897 g/mol. The summed E-state index contributed by atoms with van der Waals surface area (Å²) in [6.45, 7) is 10.5. The first-order valence-electron chi connectivity index (χ1n) is 30.0. The Morgan fingerprint density at radius 2 is 0.672 bits per heavy atom. The molecule has 0 amide bonds. The van der Waals surface area contributed by atoms with E-state index in [-0.39, 0.29) is 0 Å². The Kier molecular flexibility index (Phi) is 51.3. The van der Waals surface area contributed by atoms with E-state index in [9.17, 15) is 0 Å². The third-order valence-corrected chi connectivity index (χ3v) is 14.9. The van der Waals surface area contributed by atoms with Crippen molar-refractivity contribution in [3.05, 3.63) is 24.3 Å². The SMILES string of the molecule is CCCCC/C=C\C/C=C\CCCCCCCCCC(CCCCCCCCC)CN(C)C.CCCCCCCCCC(CCCCCCC[C@H]1C[C@H]1CCCCCCCC)N(C)C. The van der Waals surface area contributed by atoms with Gasteiger partial charge in [-0.25, -0.2) is 0 Å². The van der Waals surface area contributed by atoms with Crippen LogP contribution in [0.15, 0.2) is 24.3 Å². The molecule has 0 radical (unpaired) electrons. The molecule has 2 nitrogen and oxygen atoms in total. The molecule has 0 bridgehead atoms. The second kappa shape index (κ2) is 51.8. The second-order valence-corrected chi connectivity index (χ2v) is 21.9. The van der Waals surface area contributed by atoms with Crippen LogP contribution in [0.5, 0.6) is 0 Å². The molecule has 0 N–H and O–H groups in total. The van der Waals surface area contributed by atoms with Crippen molar-refractivity contribution in [1.29, 1.82) is 0 Å². The van der Waals surface area contributed by atoms with Gasteiger partial charge in [-0.15, -0.1) is 0 Å². The van der Waals surface area contributed by atoms with Crippen LogP contribution in [0.4, 0.5) is 0 Å². The molecule has 4 atom stereocenters. The molecule has 1 aliphatic carbocycles. The van der Waals surface area contributed by atoms with Crippen molar-refractivity contribution in [2.45, 2.75) is 323 Å². The highest BCUT2D eigenvalue weighted by atomic mass is 15.1. The second-order valence-electron chi connectivity index (χ2n) is 21.9. The number of allylic oxidation sites excluding steroid dienone is 4. The zero-order valence-electron chi connectivity index (χ0n) is 46.0. The summed E-state index contributed by atoms with van der Waals surface area (Å²) in [6.07, 6.45) is 73.9. The van der Waals surface area contributed by atoms with Gasteiger partial charge in [-0.1, -0.05) is 277 Å². The molecule has 2 unspecified atom stereocenters. The van der Waals surface area contributed by atoms with Crippen LogP contribution >= 0.6 is 0 Å². The van der Waals surface area contributed by atoms with E-state index in [1.165, 1.54) is 270 Å². The van der Waals surface area contributed by atoms with Crippen molar-refractivity contribution in [3.63, 3.8) is 0 Å². The lowest BCUT2D eigenvalue weighted by Crippen LogP contribution is -2.27. The van der Waals surface area contributed by atoms with Gasteiger partial charge in [0.1, 0.15) is 0 Å². The average molecular weight is 898 g/mol. The molecule has 0 aromatic rings. The maximum Gasteiger partial charge on any atom is 0.00891 e. The lowest BCUT2D eigenvalue weighted by Gasteiger charge is -2.24. The topological polar surface area (TPSA) is 6.48 Å². The van der Waals surface area contributed by atoms with E-state index in [0.717, 1.165) is 30.2 Å². The van der Waals surface area contributed by atoms with Crippen LogP contribution in [0.1, 0.15) is 317 Å². The van der Waals surface area contributed by atoms with Gasteiger partial charge in [0.15, 0.2) is 0 Å². The summed E-state index contributed by atoms with van der Waals surface area (Å²) >= 11 is 0. The van der Waals surface area contributed by atoms with Crippen LogP contribution in [-0.4, -0.2) is 50.6 Å². The minimum atomic E-state index is 0.824. The van der Waals surface area contributed by atoms with E-state index in [4.69, 9.17) is 0 Å². The third kappa shape index (κ3) is 47.9. The van der Waals surface area contributed by atoms with Gasteiger partial charge in [0.05, 0.1) is 0 Å². The van der Waals surface area contributed by atoms with Gasteiger partial charge >= 0.3 is 0 Å². The Balaban J connectivity index is 0.00000124. The summed E-state index contributed by atoms with van der Waals surface area (Å²) in [5.74, 6) is 3.17. The predicted molar refractivity (Wildman–Crippen MR) is 295 cm³/mol. The van der Waals surface area contributed by atoms with E-state index >= 15 is 0 Å². The first kappa shape index (κ1) is 63.4. The van der Waals surface area contributed by atoms with Crippen LogP contribution in [0.3, 0.4) is 0 Å². The van der Waals surface area contributed by atoms with Crippen molar-refractivity contribution in [2.75, 3.05) is 34.7 Å². The largest absolute Gasteiger partial charge is 0.309 e. The fraction of sp³-hybridized carbons (Fsp3) is 0.935. The van der Waals surface area contributed by atoms with E-state index in [1.807, 2.05) is 0 Å². The molecular weight excluding hydrogens is 773 g/mol. The van der Waals surface area contributed by atoms with Crippen molar-refractivity contribution in [3.8, 4) is 0 Å². The summed E-state index contributed by atoms with van der Waals surface area (Å²) in [6, 6.07) is 0.824. The minimum Gasteiger partial charge on any atom is -0.309 e. The average Bonchev–Trinajstić information content (AvgIpc) is 4.04. The van der Waals surface area contributed by atoms with Gasteiger partial charge in [0.25, 0.3) is 0 Å². The zero-order chi connectivity index (χ0) is 46.8. The van der Waals surface area contributed by atoms with Crippen LogP contribution in [0.2, 0.25) is 0 Å². The van der Waals surface area contributed by atoms with Crippen molar-refractivity contribution < 1.29 is 0 Å². The fourth-order valence-corrected chi connectivity index (χ4v) is 10.4. The van der Waals surface area contributed by atoms with Gasteiger partial charge in [-0.3, -0.25) is 0 Å². The van der Waals surface area contributed by atoms with Gasteiger partial charge < -0.3 is 9.80 Å². The zero-order valence-corrected chi connectivity index (χ0v) is 46.0. The molecular formula is C62H124N2. The number of unbranched alkanes of at least 4 members (excludes halogenated alkanes) is 31. The molecule has 0 heterocycles. The molecule has 1 aliphatic rings. The first-order chi connectivity index (χ1) is 31.4. The highest BCUT2D eigenvalue weighted by Gasteiger charge is 2.35. The summed E-state index contributed by atoms with van der Waals surface area (Å²) in [5, 5.41) is 0. The highest BCUT2D eigenvalue weighted by Crippen LogP contribution is 2.45. The Bertz CT molecular complexity index is 920. The molecule has 0 saturated heterocycles. The van der Waals surface area contributed by atoms with Crippen molar-refractivity contribution >= 4 is 0 Å². The van der Waals surface area contributed by atoms with Gasteiger partial charge in [-0.2, -0.15) is 0 Å². The summed E-state index contributed by atoms with van der Waals surface area (Å²) in [4.78, 5) is 4.90. The van der Waals surface area contributed by atoms with E-state index in [1.54, 1.807) is 19.3 Å². The Morgan fingerprint density at radius 1 is 0.359 bits per heavy atom. The van der Waals surface area contributed by atoms with E-state index in [0.29, 0.717) is 0 Å². The minimum absolute atomic E-state index is 0.824. The van der Waals surface area contributed by atoms with Crippen LogP contribution in [0, 0.1) is 17.8 Å².